The van der Waals surface area contributed by atoms with Gasteiger partial charge in [-0.3, -0.25) is 0 Å². The zero-order valence-corrected chi connectivity index (χ0v) is 9.24. The highest BCUT2D eigenvalue weighted by Gasteiger charge is 2.05. The molecule has 82 valence electrons. The van der Waals surface area contributed by atoms with Crippen molar-refractivity contribution in [2.45, 2.75) is 0 Å². The molecule has 0 saturated carbocycles. The number of aromatic amines is 1. The molecule has 0 bridgehead atoms. The number of anilines is 1. The van der Waals surface area contributed by atoms with Gasteiger partial charge in [0, 0.05) is 24.2 Å². The predicted octanol–water partition coefficient (Wildman–Crippen LogP) is 2.33. The second-order valence-electron chi connectivity index (χ2n) is 3.42. The van der Waals surface area contributed by atoms with Crippen LogP contribution >= 0.6 is 12.4 Å². The Labute approximate surface area is 98.5 Å². The molecule has 4 nitrogen and oxygen atoms in total. The van der Waals surface area contributed by atoms with Crippen LogP contribution in [0.5, 0.6) is 0 Å². The Bertz CT molecular complexity index is 598. The molecule has 0 aromatic carbocycles. The van der Waals surface area contributed by atoms with Crippen LogP contribution < -0.4 is 5.73 Å². The largest absolute Gasteiger partial charge is 0.397 e. The highest BCUT2D eigenvalue weighted by Crippen LogP contribution is 2.21. The molecule has 0 unspecified atom stereocenters. The summed E-state index contributed by atoms with van der Waals surface area (Å²) in [6, 6.07) is 7.73. The fourth-order valence-corrected chi connectivity index (χ4v) is 1.66. The maximum Gasteiger partial charge on any atom is 0.0949 e. The van der Waals surface area contributed by atoms with Crippen LogP contribution in [-0.4, -0.2) is 14.6 Å². The molecule has 0 saturated heterocycles. The highest BCUT2D eigenvalue weighted by molar-refractivity contribution is 5.85. The van der Waals surface area contributed by atoms with E-state index in [-0.39, 0.29) is 12.4 Å². The first-order chi connectivity index (χ1) is 7.34. The van der Waals surface area contributed by atoms with Crippen LogP contribution in [0.4, 0.5) is 5.69 Å². The fraction of sp³-hybridized carbons (Fsp3) is 0. The van der Waals surface area contributed by atoms with Crippen molar-refractivity contribution in [1.82, 2.24) is 14.6 Å². The summed E-state index contributed by atoms with van der Waals surface area (Å²) in [4.78, 5) is 3.01. The molecule has 0 radical (unpaired) electrons. The van der Waals surface area contributed by atoms with Gasteiger partial charge in [-0.1, -0.05) is 0 Å². The lowest BCUT2D eigenvalue weighted by molar-refractivity contribution is 0.967. The van der Waals surface area contributed by atoms with Crippen LogP contribution in [0.15, 0.2) is 42.9 Å². The van der Waals surface area contributed by atoms with E-state index in [0.29, 0.717) is 0 Å². The van der Waals surface area contributed by atoms with Crippen molar-refractivity contribution in [2.24, 2.45) is 0 Å². The Morgan fingerprint density at radius 1 is 1.31 bits per heavy atom. The maximum atomic E-state index is 5.85. The SMILES string of the molecule is Cl.Nc1cccn2nc(-c3cc[nH]c3)cc12. The van der Waals surface area contributed by atoms with Gasteiger partial charge in [-0.05, 0) is 24.3 Å². The van der Waals surface area contributed by atoms with Gasteiger partial charge in [0.15, 0.2) is 0 Å². The second-order valence-corrected chi connectivity index (χ2v) is 3.42. The molecule has 0 atom stereocenters. The number of hydrogen-bond donors (Lipinski definition) is 2. The van der Waals surface area contributed by atoms with E-state index in [0.717, 1.165) is 22.5 Å². The van der Waals surface area contributed by atoms with Crippen molar-refractivity contribution in [3.05, 3.63) is 42.9 Å². The van der Waals surface area contributed by atoms with Crippen molar-refractivity contribution in [1.29, 1.82) is 0 Å². The van der Waals surface area contributed by atoms with Crippen LogP contribution in [-0.2, 0) is 0 Å². The summed E-state index contributed by atoms with van der Waals surface area (Å²) in [6.07, 6.45) is 5.68. The molecule has 0 amide bonds. The lowest BCUT2D eigenvalue weighted by Crippen LogP contribution is -1.91. The molecule has 3 aromatic rings. The molecule has 3 N–H and O–H groups in total. The lowest BCUT2D eigenvalue weighted by atomic mass is 10.2. The number of rotatable bonds is 1. The van der Waals surface area contributed by atoms with Gasteiger partial charge >= 0.3 is 0 Å². The molecule has 5 heteroatoms. The normalized spacial score (nSPS) is 10.2. The van der Waals surface area contributed by atoms with Gasteiger partial charge in [-0.2, -0.15) is 5.10 Å². The van der Waals surface area contributed by atoms with Crippen LogP contribution in [0.3, 0.4) is 0 Å². The van der Waals surface area contributed by atoms with E-state index in [1.165, 1.54) is 0 Å². The van der Waals surface area contributed by atoms with Crippen molar-refractivity contribution in [3.8, 4) is 11.3 Å². The lowest BCUT2D eigenvalue weighted by Gasteiger charge is -1.94. The van der Waals surface area contributed by atoms with Gasteiger partial charge in [-0.25, -0.2) is 4.52 Å². The Morgan fingerprint density at radius 2 is 2.19 bits per heavy atom. The molecule has 0 fully saturated rings. The zero-order valence-electron chi connectivity index (χ0n) is 8.42. The summed E-state index contributed by atoms with van der Waals surface area (Å²) in [5, 5.41) is 4.43. The number of fused-ring (bicyclic) bond motifs is 1. The monoisotopic (exact) mass is 234 g/mol. The van der Waals surface area contributed by atoms with Crippen LogP contribution in [0.1, 0.15) is 0 Å². The van der Waals surface area contributed by atoms with E-state index in [2.05, 4.69) is 10.1 Å². The third-order valence-corrected chi connectivity index (χ3v) is 2.43. The summed E-state index contributed by atoms with van der Waals surface area (Å²) >= 11 is 0. The van der Waals surface area contributed by atoms with Gasteiger partial charge in [0.2, 0.25) is 0 Å². The Hall–Kier alpha value is -1.94. The average molecular weight is 235 g/mol. The number of H-pyrrole nitrogens is 1. The van der Waals surface area contributed by atoms with E-state index in [1.54, 1.807) is 4.52 Å². The zero-order chi connectivity index (χ0) is 10.3. The number of hydrogen-bond acceptors (Lipinski definition) is 2. The smallest absolute Gasteiger partial charge is 0.0949 e. The molecule has 0 aliphatic carbocycles. The van der Waals surface area contributed by atoms with Gasteiger partial charge in [0.1, 0.15) is 0 Å². The molecule has 3 heterocycles. The molecule has 3 rings (SSSR count). The number of aromatic nitrogens is 3. The van der Waals surface area contributed by atoms with Crippen molar-refractivity contribution >= 4 is 23.6 Å². The topological polar surface area (TPSA) is 59.1 Å². The minimum Gasteiger partial charge on any atom is -0.397 e. The Kier molecular flexibility index (Phi) is 2.58. The van der Waals surface area contributed by atoms with Crippen LogP contribution in [0, 0.1) is 0 Å². The van der Waals surface area contributed by atoms with E-state index in [1.807, 2.05) is 42.9 Å². The first-order valence-corrected chi connectivity index (χ1v) is 4.71. The molecular formula is C11H11ClN4. The van der Waals surface area contributed by atoms with E-state index >= 15 is 0 Å². The van der Waals surface area contributed by atoms with E-state index in [4.69, 9.17) is 5.73 Å². The van der Waals surface area contributed by atoms with Crippen molar-refractivity contribution < 1.29 is 0 Å². The van der Waals surface area contributed by atoms with Gasteiger partial charge < -0.3 is 10.7 Å². The number of nitrogens with two attached hydrogens (primary N) is 1. The molecule has 0 aliphatic heterocycles. The van der Waals surface area contributed by atoms with E-state index in [9.17, 15) is 0 Å². The van der Waals surface area contributed by atoms with Crippen LogP contribution in [0.2, 0.25) is 0 Å². The third-order valence-electron chi connectivity index (χ3n) is 2.43. The average Bonchev–Trinajstić information content (AvgIpc) is 2.86. The van der Waals surface area contributed by atoms with Crippen LogP contribution in [0.25, 0.3) is 16.8 Å². The minimum atomic E-state index is 0. The summed E-state index contributed by atoms with van der Waals surface area (Å²) in [6.45, 7) is 0. The highest BCUT2D eigenvalue weighted by atomic mass is 35.5. The van der Waals surface area contributed by atoms with E-state index < -0.39 is 0 Å². The second kappa shape index (κ2) is 3.90. The Balaban J connectivity index is 0.000000963. The fourth-order valence-electron chi connectivity index (χ4n) is 1.66. The van der Waals surface area contributed by atoms with Gasteiger partial charge in [0.25, 0.3) is 0 Å². The number of nitrogen functional groups attached to an aromatic ring is 1. The molecule has 0 aliphatic rings. The first-order valence-electron chi connectivity index (χ1n) is 4.71. The number of halogens is 1. The number of pyridine rings is 1. The third kappa shape index (κ3) is 1.53. The molecule has 16 heavy (non-hydrogen) atoms. The first kappa shape index (κ1) is 10.6. The molecular weight excluding hydrogens is 224 g/mol. The van der Waals surface area contributed by atoms with Gasteiger partial charge in [0.05, 0.1) is 16.9 Å². The Morgan fingerprint density at radius 3 is 2.88 bits per heavy atom. The van der Waals surface area contributed by atoms with Crippen molar-refractivity contribution in [3.63, 3.8) is 0 Å². The standard InChI is InChI=1S/C11H10N4.ClH/c12-9-2-1-5-15-11(9)6-10(14-15)8-3-4-13-7-8;/h1-7,13H,12H2;1H. The van der Waals surface area contributed by atoms with Gasteiger partial charge in [-0.15, -0.1) is 12.4 Å². The van der Waals surface area contributed by atoms with Crippen molar-refractivity contribution in [2.75, 3.05) is 5.73 Å². The predicted molar refractivity (Wildman–Crippen MR) is 66.6 cm³/mol. The summed E-state index contributed by atoms with van der Waals surface area (Å²) in [5.74, 6) is 0. The minimum absolute atomic E-state index is 0. The maximum absolute atomic E-state index is 5.85. The quantitative estimate of drug-likeness (QED) is 0.679. The number of nitrogens with zero attached hydrogens (tertiary/aromatic N) is 2. The molecule has 0 spiro atoms. The number of nitrogens with one attached hydrogen (secondary N) is 1. The molecule has 3 aromatic heterocycles. The summed E-state index contributed by atoms with van der Waals surface area (Å²) in [7, 11) is 0. The summed E-state index contributed by atoms with van der Waals surface area (Å²) < 4.78 is 1.79. The summed E-state index contributed by atoms with van der Waals surface area (Å²) in [5.41, 5.74) is 9.53.